The average molecular weight is 241 g/mol. The Labute approximate surface area is 99.7 Å². The topological polar surface area (TPSA) is 32.3 Å². The van der Waals surface area contributed by atoms with Crippen molar-refractivity contribution in [1.82, 2.24) is 5.32 Å². The van der Waals surface area contributed by atoms with Gasteiger partial charge in [-0.25, -0.2) is 8.78 Å². The van der Waals surface area contributed by atoms with Crippen LogP contribution in [0.5, 0.6) is 0 Å². The summed E-state index contributed by atoms with van der Waals surface area (Å²) in [5, 5.41) is 12.9. The maximum Gasteiger partial charge on any atom is 0.123 e. The van der Waals surface area contributed by atoms with Crippen molar-refractivity contribution in [2.24, 2.45) is 0 Å². The zero-order chi connectivity index (χ0) is 12.6. The molecule has 94 valence electrons. The second-order valence-electron chi connectivity index (χ2n) is 5.13. The van der Waals surface area contributed by atoms with Crippen molar-refractivity contribution in [2.45, 2.75) is 38.1 Å². The molecule has 17 heavy (non-hydrogen) atoms. The summed E-state index contributed by atoms with van der Waals surface area (Å²) < 4.78 is 26.6. The SMILES string of the molecule is CC(C)(O)c1cc(F)cc([C@H]2C[C@H](F)CN2)c1. The molecule has 4 heteroatoms. The molecule has 0 aromatic heterocycles. The summed E-state index contributed by atoms with van der Waals surface area (Å²) in [5.74, 6) is -0.399. The molecule has 0 amide bonds. The molecule has 1 aromatic carbocycles. The van der Waals surface area contributed by atoms with Crippen molar-refractivity contribution < 1.29 is 13.9 Å². The van der Waals surface area contributed by atoms with Gasteiger partial charge in [0.1, 0.15) is 12.0 Å². The Morgan fingerprint density at radius 2 is 2.06 bits per heavy atom. The van der Waals surface area contributed by atoms with Gasteiger partial charge in [-0.15, -0.1) is 0 Å². The van der Waals surface area contributed by atoms with Crippen molar-refractivity contribution in [3.05, 3.63) is 35.1 Å². The van der Waals surface area contributed by atoms with Gasteiger partial charge in [0.2, 0.25) is 0 Å². The molecule has 2 nitrogen and oxygen atoms in total. The fourth-order valence-electron chi connectivity index (χ4n) is 2.11. The third-order valence-electron chi connectivity index (χ3n) is 3.11. The summed E-state index contributed by atoms with van der Waals surface area (Å²) in [6.07, 6.45) is -0.525. The van der Waals surface area contributed by atoms with Crippen LogP contribution in [-0.4, -0.2) is 17.8 Å². The van der Waals surface area contributed by atoms with Gasteiger partial charge in [0.15, 0.2) is 0 Å². The number of hydrogen-bond acceptors (Lipinski definition) is 2. The van der Waals surface area contributed by atoms with Crippen LogP contribution in [-0.2, 0) is 5.60 Å². The first-order valence-corrected chi connectivity index (χ1v) is 5.77. The fourth-order valence-corrected chi connectivity index (χ4v) is 2.11. The van der Waals surface area contributed by atoms with E-state index in [2.05, 4.69) is 5.32 Å². The molecule has 0 saturated carbocycles. The Balaban J connectivity index is 2.32. The monoisotopic (exact) mass is 241 g/mol. The maximum absolute atomic E-state index is 13.5. The van der Waals surface area contributed by atoms with Crippen LogP contribution in [0.1, 0.15) is 37.4 Å². The minimum atomic E-state index is -1.09. The van der Waals surface area contributed by atoms with E-state index in [1.807, 2.05) is 0 Å². The molecule has 2 N–H and O–H groups in total. The summed E-state index contributed by atoms with van der Waals surface area (Å²) in [5.41, 5.74) is 0.115. The molecular formula is C13H17F2NO. The highest BCUT2D eigenvalue weighted by molar-refractivity contribution is 5.31. The fraction of sp³-hybridized carbons (Fsp3) is 0.538. The summed E-state index contributed by atoms with van der Waals surface area (Å²) in [4.78, 5) is 0. The lowest BCUT2D eigenvalue weighted by atomic mass is 9.93. The Hall–Kier alpha value is -1.00. The van der Waals surface area contributed by atoms with E-state index in [1.54, 1.807) is 19.9 Å². The molecule has 0 radical (unpaired) electrons. The van der Waals surface area contributed by atoms with E-state index in [0.717, 1.165) is 0 Å². The van der Waals surface area contributed by atoms with Gasteiger partial charge in [0, 0.05) is 12.6 Å². The number of hydrogen-bond donors (Lipinski definition) is 2. The zero-order valence-electron chi connectivity index (χ0n) is 10.0. The van der Waals surface area contributed by atoms with E-state index in [4.69, 9.17) is 0 Å². The van der Waals surface area contributed by atoms with Crippen LogP contribution in [0.4, 0.5) is 8.78 Å². The highest BCUT2D eigenvalue weighted by atomic mass is 19.1. The summed E-state index contributed by atoms with van der Waals surface area (Å²) >= 11 is 0. The highest BCUT2D eigenvalue weighted by Crippen LogP contribution is 2.29. The minimum Gasteiger partial charge on any atom is -0.386 e. The minimum absolute atomic E-state index is 0.165. The van der Waals surface area contributed by atoms with Crippen molar-refractivity contribution in [3.8, 4) is 0 Å². The molecule has 1 heterocycles. The molecule has 1 fully saturated rings. The maximum atomic E-state index is 13.5. The molecule has 0 unspecified atom stereocenters. The molecule has 0 bridgehead atoms. The summed E-state index contributed by atoms with van der Waals surface area (Å²) in [6, 6.07) is 4.27. The van der Waals surface area contributed by atoms with Crippen molar-refractivity contribution >= 4 is 0 Å². The largest absolute Gasteiger partial charge is 0.386 e. The summed E-state index contributed by atoms with van der Waals surface area (Å²) in [6.45, 7) is 3.51. The zero-order valence-corrected chi connectivity index (χ0v) is 10.0. The lowest BCUT2D eigenvalue weighted by molar-refractivity contribution is 0.0781. The Bertz CT molecular complexity index is 414. The smallest absolute Gasteiger partial charge is 0.123 e. The number of nitrogens with one attached hydrogen (secondary N) is 1. The number of halogens is 2. The van der Waals surface area contributed by atoms with Crippen LogP contribution in [0.25, 0.3) is 0 Å². The van der Waals surface area contributed by atoms with Crippen molar-refractivity contribution in [3.63, 3.8) is 0 Å². The second kappa shape index (κ2) is 4.35. The summed E-state index contributed by atoms with van der Waals surface area (Å²) in [7, 11) is 0. The molecule has 0 aliphatic carbocycles. The molecular weight excluding hydrogens is 224 g/mol. The lowest BCUT2D eigenvalue weighted by Crippen LogP contribution is -2.18. The molecule has 2 atom stereocenters. The van der Waals surface area contributed by atoms with E-state index >= 15 is 0 Å². The second-order valence-corrected chi connectivity index (χ2v) is 5.13. The van der Waals surface area contributed by atoms with Crippen LogP contribution in [0, 0.1) is 5.82 Å². The van der Waals surface area contributed by atoms with Gasteiger partial charge in [-0.1, -0.05) is 6.07 Å². The first-order valence-electron chi connectivity index (χ1n) is 5.77. The van der Waals surface area contributed by atoms with E-state index in [1.165, 1.54) is 12.1 Å². The van der Waals surface area contributed by atoms with Crippen LogP contribution in [0.3, 0.4) is 0 Å². The standard InChI is InChI=1S/C13H17F2NO/c1-13(2,17)9-3-8(4-10(14)5-9)12-6-11(15)7-16-12/h3-5,11-12,16-17H,6-7H2,1-2H3/t11-,12+/m0/s1. The third-order valence-corrected chi connectivity index (χ3v) is 3.11. The molecule has 1 aliphatic rings. The van der Waals surface area contributed by atoms with Crippen molar-refractivity contribution in [1.29, 1.82) is 0 Å². The lowest BCUT2D eigenvalue weighted by Gasteiger charge is -2.20. The number of benzene rings is 1. The molecule has 1 aliphatic heterocycles. The van der Waals surface area contributed by atoms with Gasteiger partial charge in [-0.05, 0) is 43.5 Å². The van der Waals surface area contributed by atoms with E-state index in [-0.39, 0.29) is 6.04 Å². The van der Waals surface area contributed by atoms with Gasteiger partial charge in [0.05, 0.1) is 5.60 Å². The van der Waals surface area contributed by atoms with Gasteiger partial charge in [0.25, 0.3) is 0 Å². The van der Waals surface area contributed by atoms with E-state index < -0.39 is 17.6 Å². The van der Waals surface area contributed by atoms with E-state index in [0.29, 0.717) is 24.1 Å². The molecule has 1 saturated heterocycles. The number of rotatable bonds is 2. The Morgan fingerprint density at radius 1 is 1.35 bits per heavy atom. The highest BCUT2D eigenvalue weighted by Gasteiger charge is 2.26. The number of alkyl halides is 1. The van der Waals surface area contributed by atoms with Crippen LogP contribution >= 0.6 is 0 Å². The molecule has 2 rings (SSSR count). The molecule has 1 aromatic rings. The average Bonchev–Trinajstić information content (AvgIpc) is 2.62. The van der Waals surface area contributed by atoms with Crippen LogP contribution in [0.15, 0.2) is 18.2 Å². The Morgan fingerprint density at radius 3 is 2.59 bits per heavy atom. The third kappa shape index (κ3) is 2.82. The number of aliphatic hydroxyl groups is 1. The van der Waals surface area contributed by atoms with Gasteiger partial charge in [-0.3, -0.25) is 0 Å². The normalized spacial score (nSPS) is 25.2. The van der Waals surface area contributed by atoms with Gasteiger partial charge < -0.3 is 10.4 Å². The van der Waals surface area contributed by atoms with Crippen LogP contribution in [0.2, 0.25) is 0 Å². The van der Waals surface area contributed by atoms with Crippen molar-refractivity contribution in [2.75, 3.05) is 6.54 Å². The Kier molecular flexibility index (Phi) is 3.19. The quantitative estimate of drug-likeness (QED) is 0.833. The predicted molar refractivity (Wildman–Crippen MR) is 61.9 cm³/mol. The van der Waals surface area contributed by atoms with Crippen LogP contribution < -0.4 is 5.32 Å². The van der Waals surface area contributed by atoms with Gasteiger partial charge >= 0.3 is 0 Å². The first kappa shape index (κ1) is 12.5. The molecule has 0 spiro atoms. The predicted octanol–water partition coefficient (Wildman–Crippen LogP) is 2.43. The van der Waals surface area contributed by atoms with E-state index in [9.17, 15) is 13.9 Å². The van der Waals surface area contributed by atoms with Gasteiger partial charge in [-0.2, -0.15) is 0 Å². The first-order chi connectivity index (χ1) is 7.86.